The second-order valence-electron chi connectivity index (χ2n) is 2.56. The number of aromatic nitrogens is 1. The van der Waals surface area contributed by atoms with Crippen LogP contribution in [0.15, 0.2) is 12.3 Å². The van der Waals surface area contributed by atoms with E-state index in [0.717, 1.165) is 5.56 Å². The highest BCUT2D eigenvalue weighted by Gasteiger charge is 2.05. The highest BCUT2D eigenvalue weighted by Crippen LogP contribution is 2.15. The Hall–Kier alpha value is -1.05. The Morgan fingerprint density at radius 3 is 2.70 bits per heavy atom. The Bertz CT molecular complexity index is 225. The lowest BCUT2D eigenvalue weighted by molar-refractivity contribution is 0.561. The molecule has 0 aliphatic rings. The van der Waals surface area contributed by atoms with Gasteiger partial charge in [0.1, 0.15) is 0 Å². The quantitative estimate of drug-likeness (QED) is 0.658. The molecule has 0 saturated carbocycles. The maximum atomic E-state index is 10.2. The highest BCUT2D eigenvalue weighted by molar-refractivity contribution is 5.75. The first-order chi connectivity index (χ1) is 4.75. The van der Waals surface area contributed by atoms with Crippen LogP contribution in [0.3, 0.4) is 0 Å². The van der Waals surface area contributed by atoms with Crippen molar-refractivity contribution in [3.63, 3.8) is 0 Å². The van der Waals surface area contributed by atoms with Crippen LogP contribution < -0.4 is 0 Å². The van der Waals surface area contributed by atoms with Gasteiger partial charge in [-0.25, -0.2) is 0 Å². The lowest BCUT2D eigenvalue weighted by atomic mass is 10.0. The molecule has 1 heterocycles. The normalized spacial score (nSPS) is 10.3. The van der Waals surface area contributed by atoms with E-state index in [1.165, 1.54) is 0 Å². The molecule has 0 bridgehead atoms. The van der Waals surface area contributed by atoms with Gasteiger partial charge in [0.05, 0.1) is 5.69 Å². The number of hydrogen-bond acceptors (Lipinski definition) is 1. The van der Waals surface area contributed by atoms with Gasteiger partial charge >= 0.3 is 0 Å². The van der Waals surface area contributed by atoms with E-state index in [-0.39, 0.29) is 0 Å². The molecule has 0 atom stereocenters. The van der Waals surface area contributed by atoms with Crippen molar-refractivity contribution in [3.8, 4) is 0 Å². The van der Waals surface area contributed by atoms with Crippen molar-refractivity contribution >= 4 is 6.29 Å². The van der Waals surface area contributed by atoms with Crippen molar-refractivity contribution in [3.05, 3.63) is 23.5 Å². The molecular formula is C8H10NO. The molecule has 0 unspecified atom stereocenters. The first-order valence-corrected chi connectivity index (χ1v) is 3.31. The zero-order valence-corrected chi connectivity index (χ0v) is 6.14. The Morgan fingerprint density at radius 2 is 2.30 bits per heavy atom. The monoisotopic (exact) mass is 136 g/mol. The summed E-state index contributed by atoms with van der Waals surface area (Å²) in [7, 11) is 0. The minimum atomic E-state index is 0.391. The number of carbonyl (C=O) groups excluding carboxylic acids is 1. The number of aromatic amines is 1. The maximum absolute atomic E-state index is 10.2. The average Bonchev–Trinajstić information content (AvgIpc) is 2.33. The van der Waals surface area contributed by atoms with Crippen LogP contribution in [0, 0.1) is 0 Å². The van der Waals surface area contributed by atoms with Gasteiger partial charge in [-0.2, -0.15) is 0 Å². The molecule has 1 aromatic rings. The summed E-state index contributed by atoms with van der Waals surface area (Å²) < 4.78 is 0. The molecule has 1 N–H and O–H groups in total. The van der Waals surface area contributed by atoms with Gasteiger partial charge < -0.3 is 4.98 Å². The molecule has 0 aliphatic carbocycles. The summed E-state index contributed by atoms with van der Waals surface area (Å²) in [5.74, 6) is 0.391. The standard InChI is InChI=1S/C8H10NO/c1-6(2)7-3-4-9-8(7)5-10/h3-4,6,9H,1-2H3. The van der Waals surface area contributed by atoms with Gasteiger partial charge in [-0.15, -0.1) is 0 Å². The average molecular weight is 136 g/mol. The molecule has 10 heavy (non-hydrogen) atoms. The fourth-order valence-corrected chi connectivity index (χ4v) is 0.951. The number of hydrogen-bond donors (Lipinski definition) is 1. The van der Waals surface area contributed by atoms with E-state index in [4.69, 9.17) is 0 Å². The van der Waals surface area contributed by atoms with Crippen LogP contribution in [0.1, 0.15) is 31.0 Å². The van der Waals surface area contributed by atoms with E-state index in [0.29, 0.717) is 11.6 Å². The van der Waals surface area contributed by atoms with Crippen molar-refractivity contribution in [2.75, 3.05) is 0 Å². The fourth-order valence-electron chi connectivity index (χ4n) is 0.951. The maximum Gasteiger partial charge on any atom is 0.251 e. The van der Waals surface area contributed by atoms with Crippen LogP contribution in [0.25, 0.3) is 0 Å². The van der Waals surface area contributed by atoms with Crippen molar-refractivity contribution in [2.24, 2.45) is 0 Å². The zero-order chi connectivity index (χ0) is 7.56. The molecule has 0 amide bonds. The molecule has 2 heteroatoms. The molecule has 0 spiro atoms. The van der Waals surface area contributed by atoms with Crippen molar-refractivity contribution in [2.45, 2.75) is 19.8 Å². The van der Waals surface area contributed by atoms with Gasteiger partial charge in [0.2, 0.25) is 0 Å². The summed E-state index contributed by atoms with van der Waals surface area (Å²) in [5.41, 5.74) is 1.62. The van der Waals surface area contributed by atoms with Gasteiger partial charge in [0.15, 0.2) is 0 Å². The van der Waals surface area contributed by atoms with Crippen LogP contribution in [-0.2, 0) is 4.79 Å². The summed E-state index contributed by atoms with van der Waals surface area (Å²) in [6.45, 7) is 4.09. The summed E-state index contributed by atoms with van der Waals surface area (Å²) in [5, 5.41) is 0. The smallest absolute Gasteiger partial charge is 0.251 e. The zero-order valence-electron chi connectivity index (χ0n) is 6.14. The first kappa shape index (κ1) is 7.06. The van der Waals surface area contributed by atoms with E-state index >= 15 is 0 Å². The van der Waals surface area contributed by atoms with Gasteiger partial charge in [0.25, 0.3) is 6.29 Å². The molecule has 53 valence electrons. The minimum absolute atomic E-state index is 0.391. The third kappa shape index (κ3) is 1.10. The molecular weight excluding hydrogens is 126 g/mol. The molecule has 0 fully saturated rings. The summed E-state index contributed by atoms with van der Waals surface area (Å²) >= 11 is 0. The SMILES string of the molecule is CC(C)c1cc[nH]c1[C]=O. The van der Waals surface area contributed by atoms with Gasteiger partial charge in [0, 0.05) is 6.20 Å². The predicted molar refractivity (Wildman–Crippen MR) is 39.7 cm³/mol. The Labute approximate surface area is 60.3 Å². The van der Waals surface area contributed by atoms with Crippen LogP contribution in [0.4, 0.5) is 0 Å². The molecule has 1 aromatic heterocycles. The molecule has 1 rings (SSSR count). The van der Waals surface area contributed by atoms with E-state index in [1.807, 2.05) is 26.2 Å². The Balaban J connectivity index is 3.01. The van der Waals surface area contributed by atoms with Crippen molar-refractivity contribution in [1.82, 2.24) is 4.98 Å². The third-order valence-electron chi connectivity index (χ3n) is 1.50. The van der Waals surface area contributed by atoms with Crippen molar-refractivity contribution < 1.29 is 4.79 Å². The van der Waals surface area contributed by atoms with E-state index in [1.54, 1.807) is 6.20 Å². The second kappa shape index (κ2) is 2.69. The Kier molecular flexibility index (Phi) is 1.90. The summed E-state index contributed by atoms with van der Waals surface area (Å²) in [4.78, 5) is 13.0. The largest absolute Gasteiger partial charge is 0.358 e. The highest BCUT2D eigenvalue weighted by atomic mass is 16.1. The molecule has 2 nitrogen and oxygen atoms in total. The summed E-state index contributed by atoms with van der Waals surface area (Å²) in [6.07, 6.45) is 3.61. The topological polar surface area (TPSA) is 32.9 Å². The van der Waals surface area contributed by atoms with Crippen LogP contribution in [-0.4, -0.2) is 11.3 Å². The minimum Gasteiger partial charge on any atom is -0.358 e. The number of nitrogens with one attached hydrogen (secondary N) is 1. The Morgan fingerprint density at radius 1 is 1.60 bits per heavy atom. The van der Waals surface area contributed by atoms with Crippen LogP contribution >= 0.6 is 0 Å². The lowest BCUT2D eigenvalue weighted by Crippen LogP contribution is -1.90. The molecule has 0 saturated heterocycles. The lowest BCUT2D eigenvalue weighted by Gasteiger charge is -1.99. The second-order valence-corrected chi connectivity index (χ2v) is 2.56. The molecule has 0 aromatic carbocycles. The fraction of sp³-hybridized carbons (Fsp3) is 0.375. The van der Waals surface area contributed by atoms with Crippen LogP contribution in [0.5, 0.6) is 0 Å². The van der Waals surface area contributed by atoms with Gasteiger partial charge in [-0.05, 0) is 17.5 Å². The van der Waals surface area contributed by atoms with Crippen molar-refractivity contribution in [1.29, 1.82) is 0 Å². The van der Waals surface area contributed by atoms with E-state index < -0.39 is 0 Å². The van der Waals surface area contributed by atoms with Gasteiger partial charge in [-0.1, -0.05) is 13.8 Å². The summed E-state index contributed by atoms with van der Waals surface area (Å²) in [6, 6.07) is 1.91. The van der Waals surface area contributed by atoms with E-state index in [9.17, 15) is 4.79 Å². The molecule has 1 radical (unpaired) electrons. The van der Waals surface area contributed by atoms with Gasteiger partial charge in [-0.3, -0.25) is 4.79 Å². The third-order valence-corrected chi connectivity index (χ3v) is 1.50. The number of rotatable bonds is 2. The first-order valence-electron chi connectivity index (χ1n) is 3.31. The van der Waals surface area contributed by atoms with Crippen LogP contribution in [0.2, 0.25) is 0 Å². The predicted octanol–water partition coefficient (Wildman–Crippen LogP) is 1.60. The van der Waals surface area contributed by atoms with E-state index in [2.05, 4.69) is 4.98 Å². The molecule has 0 aliphatic heterocycles. The number of H-pyrrole nitrogens is 1.